The third-order valence-electron chi connectivity index (χ3n) is 3.27. The summed E-state index contributed by atoms with van der Waals surface area (Å²) in [5, 5.41) is 8.00. The third kappa shape index (κ3) is 2.85. The molecule has 3 nitrogen and oxygen atoms in total. The second-order valence-corrected chi connectivity index (χ2v) is 5.73. The summed E-state index contributed by atoms with van der Waals surface area (Å²) < 4.78 is 0. The highest BCUT2D eigenvalue weighted by Crippen LogP contribution is 2.17. The Bertz CT molecular complexity index is 642. The van der Waals surface area contributed by atoms with Crippen LogP contribution < -0.4 is 5.32 Å². The zero-order chi connectivity index (χ0) is 13.1. The smallest absolute Gasteiger partial charge is 0.0965 e. The molecule has 2 aromatic heterocycles. The first kappa shape index (κ1) is 12.4. The number of thiazole rings is 1. The number of hydrogen-bond donors (Lipinski definition) is 2. The summed E-state index contributed by atoms with van der Waals surface area (Å²) in [6.45, 7) is 4.06. The minimum atomic E-state index is 0.467. The first-order valence-corrected chi connectivity index (χ1v) is 7.37. The van der Waals surface area contributed by atoms with Gasteiger partial charge in [-0.25, -0.2) is 4.98 Å². The molecule has 0 spiro atoms. The van der Waals surface area contributed by atoms with Gasteiger partial charge in [0.05, 0.1) is 5.01 Å². The van der Waals surface area contributed by atoms with Gasteiger partial charge in [-0.3, -0.25) is 0 Å². The van der Waals surface area contributed by atoms with E-state index >= 15 is 0 Å². The van der Waals surface area contributed by atoms with Gasteiger partial charge in [-0.15, -0.1) is 11.3 Å². The molecule has 2 N–H and O–H groups in total. The number of nitrogens with one attached hydrogen (secondary N) is 2. The molecule has 1 unspecified atom stereocenters. The Morgan fingerprint density at radius 1 is 1.37 bits per heavy atom. The van der Waals surface area contributed by atoms with E-state index in [-0.39, 0.29) is 0 Å². The quantitative estimate of drug-likeness (QED) is 0.745. The molecular formula is C15H17N3S. The van der Waals surface area contributed by atoms with E-state index in [2.05, 4.69) is 46.5 Å². The van der Waals surface area contributed by atoms with Crippen LogP contribution in [0.2, 0.25) is 0 Å². The van der Waals surface area contributed by atoms with Gasteiger partial charge in [0.1, 0.15) is 0 Å². The maximum absolute atomic E-state index is 4.35. The fourth-order valence-corrected chi connectivity index (χ4v) is 2.90. The zero-order valence-corrected chi connectivity index (χ0v) is 11.7. The molecule has 1 atom stereocenters. The number of aromatic nitrogens is 2. The van der Waals surface area contributed by atoms with Crippen LogP contribution in [0.1, 0.15) is 23.4 Å². The Morgan fingerprint density at radius 3 is 3.16 bits per heavy atom. The maximum atomic E-state index is 4.35. The number of rotatable bonds is 5. The molecule has 98 valence electrons. The van der Waals surface area contributed by atoms with Crippen LogP contribution >= 0.6 is 11.3 Å². The molecule has 0 amide bonds. The van der Waals surface area contributed by atoms with Gasteiger partial charge < -0.3 is 10.3 Å². The maximum Gasteiger partial charge on any atom is 0.0965 e. The minimum absolute atomic E-state index is 0.467. The second-order valence-electron chi connectivity index (χ2n) is 4.80. The van der Waals surface area contributed by atoms with E-state index in [1.165, 1.54) is 21.5 Å². The molecule has 0 aliphatic carbocycles. The van der Waals surface area contributed by atoms with E-state index in [1.807, 2.05) is 17.8 Å². The van der Waals surface area contributed by atoms with Crippen molar-refractivity contribution in [1.82, 2.24) is 15.3 Å². The normalized spacial score (nSPS) is 12.9. The Morgan fingerprint density at radius 2 is 2.32 bits per heavy atom. The van der Waals surface area contributed by atoms with Crippen molar-refractivity contribution in [3.05, 3.63) is 52.6 Å². The van der Waals surface area contributed by atoms with Crippen molar-refractivity contribution < 1.29 is 0 Å². The fraction of sp³-hybridized carbons (Fsp3) is 0.267. The van der Waals surface area contributed by atoms with Crippen LogP contribution in [0, 0.1) is 0 Å². The van der Waals surface area contributed by atoms with Crippen molar-refractivity contribution in [2.75, 3.05) is 6.54 Å². The van der Waals surface area contributed by atoms with E-state index in [4.69, 9.17) is 0 Å². The summed E-state index contributed by atoms with van der Waals surface area (Å²) >= 11 is 1.72. The lowest BCUT2D eigenvalue weighted by Gasteiger charge is -2.10. The van der Waals surface area contributed by atoms with Gasteiger partial charge in [0, 0.05) is 42.3 Å². The Labute approximate surface area is 116 Å². The Balaban J connectivity index is 1.57. The van der Waals surface area contributed by atoms with Crippen LogP contribution in [0.4, 0.5) is 0 Å². The highest BCUT2D eigenvalue weighted by Gasteiger charge is 2.07. The summed E-state index contributed by atoms with van der Waals surface area (Å²) in [5.41, 5.74) is 2.51. The minimum Gasteiger partial charge on any atom is -0.361 e. The van der Waals surface area contributed by atoms with Gasteiger partial charge in [-0.1, -0.05) is 19.1 Å². The molecule has 2 heterocycles. The lowest BCUT2D eigenvalue weighted by molar-refractivity contribution is 0.613. The molecule has 3 rings (SSSR count). The number of aromatic amines is 1. The lowest BCUT2D eigenvalue weighted by atomic mass is 10.1. The number of H-pyrrole nitrogens is 1. The molecule has 0 saturated carbocycles. The van der Waals surface area contributed by atoms with Crippen LogP contribution in [0.25, 0.3) is 10.9 Å². The van der Waals surface area contributed by atoms with Gasteiger partial charge in [0.15, 0.2) is 0 Å². The molecule has 4 heteroatoms. The highest BCUT2D eigenvalue weighted by molar-refractivity contribution is 7.09. The van der Waals surface area contributed by atoms with Crippen LogP contribution in [0.5, 0.6) is 0 Å². The van der Waals surface area contributed by atoms with Crippen LogP contribution in [-0.4, -0.2) is 16.5 Å². The largest absolute Gasteiger partial charge is 0.361 e. The Hall–Kier alpha value is -1.65. The van der Waals surface area contributed by atoms with E-state index in [0.29, 0.717) is 5.92 Å². The molecule has 0 radical (unpaired) electrons. The number of nitrogens with zero attached hydrogens (tertiary/aromatic N) is 1. The molecular weight excluding hydrogens is 254 g/mol. The fourth-order valence-electron chi connectivity index (χ4n) is 2.20. The molecule has 0 saturated heterocycles. The standard InChI is InChI=1S/C15H17N3S/c1-11(15-18-6-7-19-15)9-16-10-12-2-3-13-4-5-17-14(13)8-12/h2-8,11,16-17H,9-10H2,1H3. The lowest BCUT2D eigenvalue weighted by Crippen LogP contribution is -2.19. The first-order chi connectivity index (χ1) is 9.33. The van der Waals surface area contributed by atoms with Crippen molar-refractivity contribution in [3.63, 3.8) is 0 Å². The van der Waals surface area contributed by atoms with Crippen molar-refractivity contribution in [2.45, 2.75) is 19.4 Å². The molecule has 1 aromatic carbocycles. The average Bonchev–Trinajstić information content (AvgIpc) is 3.09. The third-order valence-corrected chi connectivity index (χ3v) is 4.28. The van der Waals surface area contributed by atoms with E-state index in [1.54, 1.807) is 11.3 Å². The first-order valence-electron chi connectivity index (χ1n) is 6.49. The number of hydrogen-bond acceptors (Lipinski definition) is 3. The van der Waals surface area contributed by atoms with Gasteiger partial charge in [0.25, 0.3) is 0 Å². The predicted molar refractivity (Wildman–Crippen MR) is 80.5 cm³/mol. The molecule has 0 aliphatic heterocycles. The van der Waals surface area contributed by atoms with Gasteiger partial charge in [-0.05, 0) is 23.1 Å². The van der Waals surface area contributed by atoms with Crippen molar-refractivity contribution in [3.8, 4) is 0 Å². The summed E-state index contributed by atoms with van der Waals surface area (Å²) in [7, 11) is 0. The van der Waals surface area contributed by atoms with E-state index in [0.717, 1.165) is 13.1 Å². The summed E-state index contributed by atoms with van der Waals surface area (Å²) in [4.78, 5) is 7.59. The van der Waals surface area contributed by atoms with Crippen molar-refractivity contribution >= 4 is 22.2 Å². The summed E-state index contributed by atoms with van der Waals surface area (Å²) in [6, 6.07) is 8.64. The van der Waals surface area contributed by atoms with E-state index in [9.17, 15) is 0 Å². The van der Waals surface area contributed by atoms with Gasteiger partial charge >= 0.3 is 0 Å². The second kappa shape index (κ2) is 5.55. The van der Waals surface area contributed by atoms with Crippen molar-refractivity contribution in [2.24, 2.45) is 0 Å². The molecule has 19 heavy (non-hydrogen) atoms. The van der Waals surface area contributed by atoms with Crippen LogP contribution in [0.3, 0.4) is 0 Å². The zero-order valence-electron chi connectivity index (χ0n) is 10.9. The SMILES string of the molecule is CC(CNCc1ccc2cc[nH]c2c1)c1nccs1. The van der Waals surface area contributed by atoms with Crippen LogP contribution in [-0.2, 0) is 6.54 Å². The van der Waals surface area contributed by atoms with E-state index < -0.39 is 0 Å². The number of benzene rings is 1. The summed E-state index contributed by atoms with van der Waals surface area (Å²) in [5.74, 6) is 0.467. The number of fused-ring (bicyclic) bond motifs is 1. The van der Waals surface area contributed by atoms with Gasteiger partial charge in [0.2, 0.25) is 0 Å². The highest BCUT2D eigenvalue weighted by atomic mass is 32.1. The van der Waals surface area contributed by atoms with Crippen LogP contribution in [0.15, 0.2) is 42.0 Å². The predicted octanol–water partition coefficient (Wildman–Crippen LogP) is 3.52. The van der Waals surface area contributed by atoms with Gasteiger partial charge in [-0.2, -0.15) is 0 Å². The monoisotopic (exact) mass is 271 g/mol. The molecule has 0 fully saturated rings. The summed E-state index contributed by atoms with van der Waals surface area (Å²) in [6.07, 6.45) is 3.85. The molecule has 0 aliphatic rings. The Kier molecular flexibility index (Phi) is 3.62. The average molecular weight is 271 g/mol. The topological polar surface area (TPSA) is 40.7 Å². The molecule has 3 aromatic rings. The van der Waals surface area contributed by atoms with Crippen molar-refractivity contribution in [1.29, 1.82) is 0 Å². The molecule has 0 bridgehead atoms.